The van der Waals surface area contributed by atoms with Crippen molar-refractivity contribution in [3.05, 3.63) is 54.2 Å². The number of hydrogen-bond donors (Lipinski definition) is 1. The van der Waals surface area contributed by atoms with E-state index in [1.165, 1.54) is 24.8 Å². The van der Waals surface area contributed by atoms with Gasteiger partial charge in [0.05, 0.1) is 5.69 Å². The molecule has 0 saturated carbocycles. The molecule has 3 rings (SSSR count). The van der Waals surface area contributed by atoms with E-state index in [4.69, 9.17) is 4.42 Å². The van der Waals surface area contributed by atoms with Gasteiger partial charge in [-0.15, -0.1) is 0 Å². The Balaban J connectivity index is 1.40. The van der Waals surface area contributed by atoms with Crippen molar-refractivity contribution in [1.29, 1.82) is 0 Å². The molecule has 0 bridgehead atoms. The molecule has 1 aliphatic heterocycles. The van der Waals surface area contributed by atoms with Gasteiger partial charge in [-0.3, -0.25) is 4.90 Å². The van der Waals surface area contributed by atoms with E-state index in [0.717, 1.165) is 31.9 Å². The molecule has 1 N–H and O–H groups in total. The van der Waals surface area contributed by atoms with E-state index in [2.05, 4.69) is 45.5 Å². The van der Waals surface area contributed by atoms with Gasteiger partial charge in [0.2, 0.25) is 0 Å². The fourth-order valence-electron chi connectivity index (χ4n) is 2.71. The predicted octanol–water partition coefficient (Wildman–Crippen LogP) is 2.43. The summed E-state index contributed by atoms with van der Waals surface area (Å²) in [5.74, 6) is 0. The molecule has 1 aromatic heterocycles. The highest BCUT2D eigenvalue weighted by Gasteiger charge is 2.18. The standard InChI is InChI=1S/C16H21N3O/c1-2-4-14(5-3-1)11-19-8-6-15(7-9-19)17-10-16-12-20-13-18-16/h1-5,12-13,15,17H,6-11H2. The minimum absolute atomic E-state index is 0.596. The van der Waals surface area contributed by atoms with Crippen molar-refractivity contribution in [2.45, 2.75) is 32.0 Å². The Hall–Kier alpha value is -1.65. The Labute approximate surface area is 119 Å². The van der Waals surface area contributed by atoms with E-state index in [1.54, 1.807) is 6.26 Å². The number of nitrogens with zero attached hydrogens (tertiary/aromatic N) is 2. The highest BCUT2D eigenvalue weighted by molar-refractivity contribution is 5.14. The summed E-state index contributed by atoms with van der Waals surface area (Å²) in [7, 11) is 0. The van der Waals surface area contributed by atoms with Crippen LogP contribution in [0.4, 0.5) is 0 Å². The lowest BCUT2D eigenvalue weighted by Gasteiger charge is -2.32. The molecule has 0 unspecified atom stereocenters. The summed E-state index contributed by atoms with van der Waals surface area (Å²) in [5, 5.41) is 3.56. The van der Waals surface area contributed by atoms with Gasteiger partial charge in [-0.1, -0.05) is 30.3 Å². The first-order valence-electron chi connectivity index (χ1n) is 7.27. The normalized spacial score (nSPS) is 17.4. The zero-order valence-electron chi connectivity index (χ0n) is 11.7. The summed E-state index contributed by atoms with van der Waals surface area (Å²) in [6.45, 7) is 4.19. The van der Waals surface area contributed by atoms with Gasteiger partial charge in [-0.05, 0) is 31.5 Å². The molecule has 4 nitrogen and oxygen atoms in total. The van der Waals surface area contributed by atoms with Crippen LogP contribution in [-0.4, -0.2) is 29.0 Å². The van der Waals surface area contributed by atoms with Gasteiger partial charge in [0.15, 0.2) is 6.39 Å². The fraction of sp³-hybridized carbons (Fsp3) is 0.438. The quantitative estimate of drug-likeness (QED) is 0.907. The van der Waals surface area contributed by atoms with Gasteiger partial charge < -0.3 is 9.73 Å². The number of aromatic nitrogens is 1. The van der Waals surface area contributed by atoms with E-state index < -0.39 is 0 Å². The topological polar surface area (TPSA) is 41.3 Å². The molecule has 20 heavy (non-hydrogen) atoms. The Morgan fingerprint density at radius 3 is 2.70 bits per heavy atom. The molecule has 1 aromatic carbocycles. The number of piperidine rings is 1. The molecule has 0 atom stereocenters. The first kappa shape index (κ1) is 13.3. The Kier molecular flexibility index (Phi) is 4.46. The molecule has 1 aliphatic rings. The number of nitrogens with one attached hydrogen (secondary N) is 1. The van der Waals surface area contributed by atoms with E-state index in [9.17, 15) is 0 Å². The minimum atomic E-state index is 0.596. The van der Waals surface area contributed by atoms with Crippen LogP contribution in [-0.2, 0) is 13.1 Å². The van der Waals surface area contributed by atoms with Gasteiger partial charge in [0.1, 0.15) is 6.26 Å². The summed E-state index contributed by atoms with van der Waals surface area (Å²) < 4.78 is 4.98. The molecule has 1 fully saturated rings. The van der Waals surface area contributed by atoms with Crippen LogP contribution in [0.1, 0.15) is 24.1 Å². The molecule has 2 heterocycles. The van der Waals surface area contributed by atoms with Crippen molar-refractivity contribution >= 4 is 0 Å². The van der Waals surface area contributed by atoms with Crippen LogP contribution in [0.25, 0.3) is 0 Å². The molecule has 0 radical (unpaired) electrons. The number of benzene rings is 1. The highest BCUT2D eigenvalue weighted by atomic mass is 16.3. The number of rotatable bonds is 5. The lowest BCUT2D eigenvalue weighted by molar-refractivity contribution is 0.190. The SMILES string of the molecule is c1ccc(CN2CCC(NCc3cocn3)CC2)cc1. The number of oxazole rings is 1. The van der Waals surface area contributed by atoms with Gasteiger partial charge in [-0.25, -0.2) is 4.98 Å². The molecule has 0 spiro atoms. The van der Waals surface area contributed by atoms with Crippen LogP contribution < -0.4 is 5.32 Å². The summed E-state index contributed by atoms with van der Waals surface area (Å²) in [4.78, 5) is 6.66. The van der Waals surface area contributed by atoms with Crippen LogP contribution in [0, 0.1) is 0 Å². The zero-order valence-corrected chi connectivity index (χ0v) is 11.7. The smallest absolute Gasteiger partial charge is 0.180 e. The Morgan fingerprint density at radius 2 is 2.00 bits per heavy atom. The lowest BCUT2D eigenvalue weighted by Crippen LogP contribution is -2.41. The average molecular weight is 271 g/mol. The van der Waals surface area contributed by atoms with Crippen molar-refractivity contribution < 1.29 is 4.42 Å². The summed E-state index contributed by atoms with van der Waals surface area (Å²) in [6.07, 6.45) is 5.59. The van der Waals surface area contributed by atoms with Crippen LogP contribution in [0.15, 0.2) is 47.4 Å². The van der Waals surface area contributed by atoms with Crippen molar-refractivity contribution in [2.75, 3.05) is 13.1 Å². The maximum Gasteiger partial charge on any atom is 0.180 e. The van der Waals surface area contributed by atoms with Crippen LogP contribution >= 0.6 is 0 Å². The van der Waals surface area contributed by atoms with Crippen molar-refractivity contribution in [2.24, 2.45) is 0 Å². The summed E-state index contributed by atoms with van der Waals surface area (Å²) in [6, 6.07) is 11.3. The van der Waals surface area contributed by atoms with E-state index in [-0.39, 0.29) is 0 Å². The second-order valence-electron chi connectivity index (χ2n) is 5.40. The van der Waals surface area contributed by atoms with Crippen LogP contribution in [0.5, 0.6) is 0 Å². The van der Waals surface area contributed by atoms with Crippen LogP contribution in [0.3, 0.4) is 0 Å². The van der Waals surface area contributed by atoms with Gasteiger partial charge in [0, 0.05) is 19.1 Å². The van der Waals surface area contributed by atoms with Crippen molar-refractivity contribution in [3.63, 3.8) is 0 Å². The van der Waals surface area contributed by atoms with E-state index in [0.29, 0.717) is 6.04 Å². The molecular formula is C16H21N3O. The molecule has 1 saturated heterocycles. The number of likely N-dealkylation sites (tertiary alicyclic amines) is 1. The Morgan fingerprint density at radius 1 is 1.20 bits per heavy atom. The molecule has 0 aliphatic carbocycles. The Bertz CT molecular complexity index is 490. The second kappa shape index (κ2) is 6.68. The molecule has 0 amide bonds. The third kappa shape index (κ3) is 3.68. The number of hydrogen-bond acceptors (Lipinski definition) is 4. The zero-order chi connectivity index (χ0) is 13.6. The van der Waals surface area contributed by atoms with Gasteiger partial charge >= 0.3 is 0 Å². The maximum atomic E-state index is 4.98. The van der Waals surface area contributed by atoms with E-state index >= 15 is 0 Å². The second-order valence-corrected chi connectivity index (χ2v) is 5.40. The first-order valence-corrected chi connectivity index (χ1v) is 7.27. The minimum Gasteiger partial charge on any atom is -0.451 e. The maximum absolute atomic E-state index is 4.98. The first-order chi connectivity index (χ1) is 9.90. The average Bonchev–Trinajstić information content (AvgIpc) is 3.01. The summed E-state index contributed by atoms with van der Waals surface area (Å²) in [5.41, 5.74) is 2.39. The molecule has 2 aromatic rings. The van der Waals surface area contributed by atoms with Gasteiger partial charge in [-0.2, -0.15) is 0 Å². The van der Waals surface area contributed by atoms with Crippen molar-refractivity contribution in [3.8, 4) is 0 Å². The lowest BCUT2D eigenvalue weighted by atomic mass is 10.0. The molecular weight excluding hydrogens is 250 g/mol. The van der Waals surface area contributed by atoms with E-state index in [1.807, 2.05) is 0 Å². The molecule has 4 heteroatoms. The third-order valence-corrected chi connectivity index (χ3v) is 3.89. The monoisotopic (exact) mass is 271 g/mol. The van der Waals surface area contributed by atoms with Crippen LogP contribution in [0.2, 0.25) is 0 Å². The molecule has 106 valence electrons. The summed E-state index contributed by atoms with van der Waals surface area (Å²) >= 11 is 0. The highest BCUT2D eigenvalue weighted by Crippen LogP contribution is 2.14. The predicted molar refractivity (Wildman–Crippen MR) is 78.1 cm³/mol. The third-order valence-electron chi connectivity index (χ3n) is 3.89. The van der Waals surface area contributed by atoms with Gasteiger partial charge in [0.25, 0.3) is 0 Å². The largest absolute Gasteiger partial charge is 0.451 e. The van der Waals surface area contributed by atoms with Crippen molar-refractivity contribution in [1.82, 2.24) is 15.2 Å². The fourth-order valence-corrected chi connectivity index (χ4v) is 2.71.